The van der Waals surface area contributed by atoms with Crippen molar-refractivity contribution >= 4 is 58.0 Å². The first-order chi connectivity index (χ1) is 26.8. The number of hydrogen-bond donors (Lipinski definition) is 5. The number of ether oxygens (including phenoxy) is 1. The molecule has 0 radical (unpaired) electrons. The summed E-state index contributed by atoms with van der Waals surface area (Å²) in [5, 5.41) is 25.9. The van der Waals surface area contributed by atoms with Gasteiger partial charge in [-0.25, -0.2) is 19.3 Å². The van der Waals surface area contributed by atoms with E-state index in [-0.39, 0.29) is 66.4 Å². The molecule has 2 fully saturated rings. The van der Waals surface area contributed by atoms with E-state index in [2.05, 4.69) is 56.3 Å². The first-order valence-corrected chi connectivity index (χ1v) is 25.1. The number of H-pyrrole nitrogens is 1. The second kappa shape index (κ2) is 19.0. The van der Waals surface area contributed by atoms with Gasteiger partial charge < -0.3 is 34.0 Å². The van der Waals surface area contributed by atoms with Gasteiger partial charge in [0.25, 0.3) is 5.56 Å². The number of nitriles is 1. The normalized spacial score (nSPS) is 25.4. The van der Waals surface area contributed by atoms with E-state index in [4.69, 9.17) is 39.1 Å². The Kier molecular flexibility index (Phi) is 15.1. The van der Waals surface area contributed by atoms with Crippen LogP contribution in [0.4, 0.5) is 16.2 Å². The molecule has 1 saturated heterocycles. The lowest BCUT2D eigenvalue weighted by molar-refractivity contribution is -0.0502. The minimum atomic E-state index is -3.90. The Morgan fingerprint density at radius 3 is 2.67 bits per heavy atom. The predicted octanol–water partition coefficient (Wildman–Crippen LogP) is 4.88. The number of hydrogen-bond acceptors (Lipinski definition) is 17. The number of nitrogens with zero attached hydrogens (tertiary/aromatic N) is 6. The molecule has 1 aliphatic heterocycles. The van der Waals surface area contributed by atoms with Gasteiger partial charge in [-0.3, -0.25) is 18.9 Å². The van der Waals surface area contributed by atoms with E-state index in [1.165, 1.54) is 17.2 Å². The van der Waals surface area contributed by atoms with Gasteiger partial charge in [0, 0.05) is 23.1 Å². The number of anilines is 2. The Labute approximate surface area is 336 Å². The highest BCUT2D eigenvalue weighted by molar-refractivity contribution is 8.07. The summed E-state index contributed by atoms with van der Waals surface area (Å²) in [6.07, 6.45) is -0.957. The van der Waals surface area contributed by atoms with Crippen LogP contribution < -0.4 is 16.2 Å². The summed E-state index contributed by atoms with van der Waals surface area (Å²) in [6, 6.07) is 1.58. The van der Waals surface area contributed by atoms with Gasteiger partial charge >= 0.3 is 15.0 Å². The van der Waals surface area contributed by atoms with Crippen LogP contribution in [-0.2, 0) is 43.6 Å². The van der Waals surface area contributed by atoms with Gasteiger partial charge in [0.15, 0.2) is 37.3 Å². The zero-order valence-corrected chi connectivity index (χ0v) is 36.4. The molecule has 1 aliphatic carbocycles. The SMILES string of the molecule is CC(C)CNc1nc2c(ncn2[C@@H]2O[C@H](CO)[C@@H](O[Si](C)(C)C(C)(C)C)[C@H]2O[P@](=S)(OCCC#N)OC[C@H]2C[C@@H](Nc3ncncc3F)C[C@@H]2O[P+](=O)O)c(=O)[nH]1. The van der Waals surface area contributed by atoms with Gasteiger partial charge in [0.2, 0.25) is 5.95 Å². The number of aliphatic hydroxyl groups excluding tert-OH is 1. The third-order valence-electron chi connectivity index (χ3n) is 10.1. The Balaban J connectivity index is 1.51. The molecule has 1 unspecified atom stereocenters. The molecule has 0 spiro atoms. The summed E-state index contributed by atoms with van der Waals surface area (Å²) in [5.41, 5.74) is -0.299. The Morgan fingerprint density at radius 2 is 2.02 bits per heavy atom. The molecule has 3 aromatic heterocycles. The summed E-state index contributed by atoms with van der Waals surface area (Å²) in [4.78, 5) is 42.2. The highest BCUT2D eigenvalue weighted by atomic mass is 32.5. The summed E-state index contributed by atoms with van der Waals surface area (Å²) in [6.45, 7) is 10.1. The molecule has 5 N–H and O–H groups in total. The lowest BCUT2D eigenvalue weighted by atomic mass is 10.1. The third-order valence-corrected chi connectivity index (χ3v) is 17.4. The standard InChI is InChI=1S/C33H50FN9O10P2SSi/c1-19(2)13-37-32-41-29-25(30(45)42-32)39-18-43(29)31-27(26(24(15-44)50-31)53-57(6,7)33(3,4)5)52-55(56,48-10-8-9-35)49-16-20-11-21(12-23(20)51-54(46)47)40-28-22(34)14-36-17-38-28/h14,17-21,23-24,26-27,31,44H,8,10-13,15-16H2,1-7H3,(H3-,36,37,38,40,41,42,45,46,47)/p+1/t20-,21-,23+,24-,26-,27-,31-,55+/m1/s1. The number of aromatic nitrogens is 6. The van der Waals surface area contributed by atoms with E-state index in [9.17, 15) is 29.0 Å². The van der Waals surface area contributed by atoms with Crippen LogP contribution in [0.2, 0.25) is 18.1 Å². The summed E-state index contributed by atoms with van der Waals surface area (Å²) < 4.78 is 65.6. The van der Waals surface area contributed by atoms with Crippen LogP contribution >= 0.6 is 15.0 Å². The van der Waals surface area contributed by atoms with E-state index < -0.39 is 83.9 Å². The molecule has 24 heteroatoms. The van der Waals surface area contributed by atoms with Crippen LogP contribution in [0.5, 0.6) is 0 Å². The van der Waals surface area contributed by atoms with Gasteiger partial charge in [0.1, 0.15) is 30.7 Å². The molecule has 57 heavy (non-hydrogen) atoms. The molecule has 2 aliphatic rings. The fraction of sp³-hybridized carbons (Fsp3) is 0.697. The molecule has 9 atom stereocenters. The topological polar surface area (TPSA) is 250 Å². The molecule has 19 nitrogen and oxygen atoms in total. The van der Waals surface area contributed by atoms with E-state index in [1.807, 2.05) is 33.0 Å². The van der Waals surface area contributed by atoms with Crippen LogP contribution in [0.1, 0.15) is 60.1 Å². The van der Waals surface area contributed by atoms with Crippen LogP contribution in [0.3, 0.4) is 0 Å². The minimum Gasteiger partial charge on any atom is -0.408 e. The number of imidazole rings is 1. The molecule has 0 aromatic carbocycles. The van der Waals surface area contributed by atoms with Crippen molar-refractivity contribution in [3.8, 4) is 6.07 Å². The van der Waals surface area contributed by atoms with Gasteiger partial charge in [-0.2, -0.15) is 10.2 Å². The average molecular weight is 875 g/mol. The molecule has 0 bridgehead atoms. The number of aliphatic hydroxyl groups is 1. The van der Waals surface area contributed by atoms with Crippen molar-refractivity contribution in [2.75, 3.05) is 37.0 Å². The molecule has 4 heterocycles. The summed E-state index contributed by atoms with van der Waals surface area (Å²) >= 11 is 6.02. The van der Waals surface area contributed by atoms with Crippen molar-refractivity contribution < 1.29 is 46.2 Å². The second-order valence-electron chi connectivity index (χ2n) is 15.8. The van der Waals surface area contributed by atoms with Crippen LogP contribution in [-0.4, -0.2) is 105 Å². The number of aromatic amines is 1. The van der Waals surface area contributed by atoms with E-state index in [1.54, 1.807) is 0 Å². The van der Waals surface area contributed by atoms with Crippen LogP contribution in [0, 0.1) is 29.0 Å². The molecular formula is C33H51FN9O10P2SSi+. The first-order valence-electron chi connectivity index (χ1n) is 18.5. The highest BCUT2D eigenvalue weighted by Gasteiger charge is 2.54. The van der Waals surface area contributed by atoms with Gasteiger partial charge in [-0.1, -0.05) is 34.6 Å². The lowest BCUT2D eigenvalue weighted by Gasteiger charge is -2.41. The van der Waals surface area contributed by atoms with Crippen LogP contribution in [0.25, 0.3) is 11.2 Å². The van der Waals surface area contributed by atoms with Crippen molar-refractivity contribution in [1.29, 1.82) is 5.26 Å². The smallest absolute Gasteiger partial charge is 0.408 e. The summed E-state index contributed by atoms with van der Waals surface area (Å²) in [5.74, 6) is -0.810. The van der Waals surface area contributed by atoms with Crippen LogP contribution in [0.15, 0.2) is 23.6 Å². The monoisotopic (exact) mass is 874 g/mol. The molecule has 0 amide bonds. The zero-order valence-electron chi connectivity index (χ0n) is 32.8. The zero-order chi connectivity index (χ0) is 41.7. The first kappa shape index (κ1) is 45.2. The van der Waals surface area contributed by atoms with Crippen molar-refractivity contribution in [3.05, 3.63) is 35.0 Å². The summed E-state index contributed by atoms with van der Waals surface area (Å²) in [7, 11) is -5.64. The Morgan fingerprint density at radius 1 is 1.26 bits per heavy atom. The Hall–Kier alpha value is -2.90. The lowest BCUT2D eigenvalue weighted by Crippen LogP contribution is -2.50. The van der Waals surface area contributed by atoms with E-state index in [0.29, 0.717) is 6.54 Å². The van der Waals surface area contributed by atoms with Crippen molar-refractivity contribution in [1.82, 2.24) is 29.5 Å². The molecular weight excluding hydrogens is 824 g/mol. The number of halogens is 1. The van der Waals surface area contributed by atoms with Crippen molar-refractivity contribution in [2.45, 2.75) is 109 Å². The number of rotatable bonds is 19. The quantitative estimate of drug-likeness (QED) is 0.0612. The predicted molar refractivity (Wildman–Crippen MR) is 213 cm³/mol. The molecule has 314 valence electrons. The van der Waals surface area contributed by atoms with Gasteiger partial charge in [0.05, 0.1) is 44.8 Å². The fourth-order valence-electron chi connectivity index (χ4n) is 6.22. The maximum atomic E-state index is 14.4. The van der Waals surface area contributed by atoms with Crippen molar-refractivity contribution in [2.24, 2.45) is 11.8 Å². The number of fused-ring (bicyclic) bond motifs is 1. The van der Waals surface area contributed by atoms with Gasteiger partial charge in [-0.15, -0.1) is 9.42 Å². The minimum absolute atomic E-state index is 0.0298. The molecule has 5 rings (SSSR count). The molecule has 1 saturated carbocycles. The molecule has 3 aromatic rings. The Bertz CT molecular complexity index is 2020. The fourth-order valence-corrected chi connectivity index (χ4v) is 10.1. The average Bonchev–Trinajstić information content (AvgIpc) is 3.82. The third kappa shape index (κ3) is 11.2. The van der Waals surface area contributed by atoms with E-state index >= 15 is 0 Å². The van der Waals surface area contributed by atoms with Crippen molar-refractivity contribution in [3.63, 3.8) is 0 Å². The largest absolute Gasteiger partial charge is 0.695 e. The highest BCUT2D eigenvalue weighted by Crippen LogP contribution is 2.56. The van der Waals surface area contributed by atoms with E-state index in [0.717, 1.165) is 6.20 Å². The second-order valence-corrected chi connectivity index (χ2v) is 24.2. The van der Waals surface area contributed by atoms with Gasteiger partial charge in [-0.05, 0) is 48.7 Å². The number of nitrogens with one attached hydrogen (secondary N) is 3. The maximum Gasteiger partial charge on any atom is 0.695 e. The maximum absolute atomic E-state index is 14.4.